The van der Waals surface area contributed by atoms with Gasteiger partial charge >= 0.3 is 0 Å². The molecular formula is C17H23N3O5. The number of benzene rings is 1. The molecule has 1 aliphatic rings. The minimum atomic E-state index is -1.43. The van der Waals surface area contributed by atoms with E-state index >= 15 is 0 Å². The maximum Gasteiger partial charge on any atom is 0.180 e. The molecule has 2 heterocycles. The quantitative estimate of drug-likeness (QED) is 0.551. The van der Waals surface area contributed by atoms with Crippen LogP contribution in [0, 0.1) is 0 Å². The van der Waals surface area contributed by atoms with Crippen molar-refractivity contribution >= 4 is 0 Å². The average Bonchev–Trinajstić information content (AvgIpc) is 3.09. The third kappa shape index (κ3) is 4.05. The first-order valence-corrected chi connectivity index (χ1v) is 8.35. The number of aliphatic hydroxyl groups is 4. The fourth-order valence-electron chi connectivity index (χ4n) is 2.97. The molecule has 0 bridgehead atoms. The normalized spacial score (nSPS) is 29.7. The number of aromatic nitrogens is 3. The van der Waals surface area contributed by atoms with Crippen molar-refractivity contribution in [2.24, 2.45) is 0 Å². The lowest BCUT2D eigenvalue weighted by Gasteiger charge is -2.39. The van der Waals surface area contributed by atoms with Gasteiger partial charge in [0.25, 0.3) is 0 Å². The number of aliphatic hydroxyl groups excluding tert-OH is 4. The van der Waals surface area contributed by atoms with Gasteiger partial charge in [0.2, 0.25) is 0 Å². The summed E-state index contributed by atoms with van der Waals surface area (Å²) in [6, 6.07) is 10.1. The molecule has 5 atom stereocenters. The average molecular weight is 349 g/mol. The summed E-state index contributed by atoms with van der Waals surface area (Å²) in [6.45, 7) is -0.472. The van der Waals surface area contributed by atoms with E-state index in [0.717, 1.165) is 18.5 Å². The van der Waals surface area contributed by atoms with Gasteiger partial charge in [0.15, 0.2) is 6.23 Å². The van der Waals surface area contributed by atoms with Crippen molar-refractivity contribution in [2.75, 3.05) is 6.61 Å². The van der Waals surface area contributed by atoms with E-state index in [-0.39, 0.29) is 0 Å². The molecule has 3 rings (SSSR count). The molecule has 1 fully saturated rings. The minimum absolute atomic E-state index is 0.472. The number of nitrogens with zero attached hydrogens (tertiary/aromatic N) is 3. The van der Waals surface area contributed by atoms with Crippen molar-refractivity contribution in [2.45, 2.75) is 49.9 Å². The second-order valence-electron chi connectivity index (χ2n) is 6.25. The number of hydrogen-bond donors (Lipinski definition) is 4. The first kappa shape index (κ1) is 18.0. The van der Waals surface area contributed by atoms with Crippen molar-refractivity contribution in [1.29, 1.82) is 0 Å². The van der Waals surface area contributed by atoms with Crippen LogP contribution in [0.25, 0.3) is 0 Å². The van der Waals surface area contributed by atoms with E-state index in [0.29, 0.717) is 6.42 Å². The number of aryl methyl sites for hydroxylation is 2. The highest BCUT2D eigenvalue weighted by Gasteiger charge is 2.44. The Morgan fingerprint density at radius 3 is 2.48 bits per heavy atom. The van der Waals surface area contributed by atoms with Gasteiger partial charge in [-0.2, -0.15) is 0 Å². The van der Waals surface area contributed by atoms with Crippen molar-refractivity contribution < 1.29 is 25.2 Å². The Balaban J connectivity index is 1.60. The Morgan fingerprint density at radius 2 is 1.76 bits per heavy atom. The molecule has 1 aromatic heterocycles. The summed E-state index contributed by atoms with van der Waals surface area (Å²) in [7, 11) is 0. The van der Waals surface area contributed by atoms with Gasteiger partial charge in [-0.1, -0.05) is 35.5 Å². The highest BCUT2D eigenvalue weighted by atomic mass is 16.6. The lowest BCUT2D eigenvalue weighted by molar-refractivity contribution is -0.254. The monoisotopic (exact) mass is 349 g/mol. The van der Waals surface area contributed by atoms with Crippen LogP contribution in [0.4, 0.5) is 0 Å². The zero-order chi connectivity index (χ0) is 17.8. The fraction of sp³-hybridized carbons (Fsp3) is 0.529. The smallest absolute Gasteiger partial charge is 0.180 e. The Kier molecular flexibility index (Phi) is 5.77. The molecule has 0 saturated carbocycles. The summed E-state index contributed by atoms with van der Waals surface area (Å²) in [5, 5.41) is 47.0. The number of hydrogen-bond acceptors (Lipinski definition) is 7. The second kappa shape index (κ2) is 8.03. The highest BCUT2D eigenvalue weighted by Crippen LogP contribution is 2.27. The van der Waals surface area contributed by atoms with E-state index < -0.39 is 37.3 Å². The Morgan fingerprint density at radius 1 is 1.00 bits per heavy atom. The molecule has 0 amide bonds. The Bertz CT molecular complexity index is 663. The summed E-state index contributed by atoms with van der Waals surface area (Å²) < 4.78 is 6.77. The highest BCUT2D eigenvalue weighted by molar-refractivity contribution is 5.14. The van der Waals surface area contributed by atoms with E-state index in [1.165, 1.54) is 10.2 Å². The van der Waals surface area contributed by atoms with Gasteiger partial charge in [0, 0.05) is 0 Å². The molecule has 8 heteroatoms. The van der Waals surface area contributed by atoms with Gasteiger partial charge in [-0.05, 0) is 24.8 Å². The number of rotatable bonds is 6. The maximum atomic E-state index is 10.1. The van der Waals surface area contributed by atoms with Gasteiger partial charge in [-0.25, -0.2) is 4.68 Å². The molecule has 1 aliphatic heterocycles. The molecule has 0 spiro atoms. The zero-order valence-electron chi connectivity index (χ0n) is 13.7. The molecule has 25 heavy (non-hydrogen) atoms. The lowest BCUT2D eigenvalue weighted by atomic mass is 9.98. The largest absolute Gasteiger partial charge is 0.394 e. The molecule has 2 aromatic rings. The summed E-state index contributed by atoms with van der Waals surface area (Å²) >= 11 is 0. The van der Waals surface area contributed by atoms with E-state index in [1.807, 2.05) is 18.2 Å². The maximum absolute atomic E-state index is 10.1. The van der Waals surface area contributed by atoms with Crippen LogP contribution in [-0.2, 0) is 17.6 Å². The van der Waals surface area contributed by atoms with Crippen molar-refractivity contribution in [3.05, 3.63) is 47.8 Å². The SMILES string of the molecule is OC[C@H]1OC(n2cc(CCCc3ccccc3)nn2)[C@H](O)[C@@H](O)[C@@H]1O. The van der Waals surface area contributed by atoms with Crippen LogP contribution < -0.4 is 0 Å². The van der Waals surface area contributed by atoms with Crippen molar-refractivity contribution in [3.63, 3.8) is 0 Å². The van der Waals surface area contributed by atoms with Gasteiger partial charge in [0.1, 0.15) is 24.4 Å². The molecule has 4 N–H and O–H groups in total. The van der Waals surface area contributed by atoms with E-state index in [1.54, 1.807) is 6.20 Å². The molecule has 0 radical (unpaired) electrons. The minimum Gasteiger partial charge on any atom is -0.394 e. The Hall–Kier alpha value is -1.84. The van der Waals surface area contributed by atoms with Gasteiger partial charge in [-0.3, -0.25) is 0 Å². The molecule has 1 aromatic carbocycles. The van der Waals surface area contributed by atoms with Crippen LogP contribution in [0.5, 0.6) is 0 Å². The van der Waals surface area contributed by atoms with Crippen LogP contribution in [-0.4, -0.2) is 66.4 Å². The zero-order valence-corrected chi connectivity index (χ0v) is 13.7. The second-order valence-corrected chi connectivity index (χ2v) is 6.25. The molecule has 1 unspecified atom stereocenters. The third-order valence-electron chi connectivity index (χ3n) is 4.43. The summed E-state index contributed by atoms with van der Waals surface area (Å²) in [4.78, 5) is 0. The first-order valence-electron chi connectivity index (χ1n) is 8.35. The standard InChI is InChI=1S/C17H23N3O5/c21-10-13-14(22)15(23)16(24)17(25-13)20-9-12(18-19-20)8-4-7-11-5-2-1-3-6-11/h1-3,5-6,9,13-17,21-24H,4,7-8,10H2/t13-,14-,15+,16-,17?/m1/s1. The summed E-state index contributed by atoms with van der Waals surface area (Å²) in [6.07, 6.45) is -1.96. The molecule has 1 saturated heterocycles. The van der Waals surface area contributed by atoms with Gasteiger partial charge in [0.05, 0.1) is 18.5 Å². The summed E-state index contributed by atoms with van der Waals surface area (Å²) in [5.74, 6) is 0. The third-order valence-corrected chi connectivity index (χ3v) is 4.43. The lowest BCUT2D eigenvalue weighted by Crippen LogP contribution is -2.56. The van der Waals surface area contributed by atoms with Gasteiger partial charge < -0.3 is 25.2 Å². The molecular weight excluding hydrogens is 326 g/mol. The predicted molar refractivity (Wildman–Crippen MR) is 87.5 cm³/mol. The van der Waals surface area contributed by atoms with E-state index in [2.05, 4.69) is 22.4 Å². The fourth-order valence-corrected chi connectivity index (χ4v) is 2.97. The van der Waals surface area contributed by atoms with Crippen LogP contribution in [0.2, 0.25) is 0 Å². The number of ether oxygens (including phenoxy) is 1. The Labute approximate surface area is 145 Å². The predicted octanol–water partition coefficient (Wildman–Crippen LogP) is -0.574. The van der Waals surface area contributed by atoms with Crippen LogP contribution in [0.15, 0.2) is 36.5 Å². The molecule has 8 nitrogen and oxygen atoms in total. The van der Waals surface area contributed by atoms with Gasteiger partial charge in [-0.15, -0.1) is 5.10 Å². The van der Waals surface area contributed by atoms with E-state index in [4.69, 9.17) is 4.74 Å². The van der Waals surface area contributed by atoms with Crippen molar-refractivity contribution in [3.8, 4) is 0 Å². The van der Waals surface area contributed by atoms with E-state index in [9.17, 15) is 20.4 Å². The van der Waals surface area contributed by atoms with Crippen LogP contribution in [0.3, 0.4) is 0 Å². The molecule has 0 aliphatic carbocycles. The van der Waals surface area contributed by atoms with Crippen molar-refractivity contribution in [1.82, 2.24) is 15.0 Å². The molecule has 136 valence electrons. The van der Waals surface area contributed by atoms with Crippen LogP contribution in [0.1, 0.15) is 23.9 Å². The van der Waals surface area contributed by atoms with Crippen LogP contribution >= 0.6 is 0 Å². The topological polar surface area (TPSA) is 121 Å². The first-order chi connectivity index (χ1) is 12.1. The summed E-state index contributed by atoms with van der Waals surface area (Å²) in [5.41, 5.74) is 2.00.